The number of hydrogen-bond donors (Lipinski definition) is 1. The molecule has 4 bridgehead atoms. The predicted octanol–water partition coefficient (Wildman–Crippen LogP) is 4.71. The topological polar surface area (TPSA) is 35.9 Å². The summed E-state index contributed by atoms with van der Waals surface area (Å²) in [6, 6.07) is 19.6. The summed E-state index contributed by atoms with van der Waals surface area (Å²) >= 11 is 0. The maximum atomic E-state index is 10.6. The second-order valence-corrected chi connectivity index (χ2v) is 11.7. The fraction of sp³-hybridized carbons (Fsp3) is 0.600. The van der Waals surface area contributed by atoms with Crippen LogP contribution >= 0.6 is 0 Å². The summed E-state index contributed by atoms with van der Waals surface area (Å²) in [5.74, 6) is 3.80. The number of aliphatic hydroxyl groups is 1. The summed E-state index contributed by atoms with van der Waals surface area (Å²) in [6.45, 7) is 6.17. The molecule has 34 heavy (non-hydrogen) atoms. The molecule has 0 amide bonds. The third-order valence-corrected chi connectivity index (χ3v) is 9.13. The van der Waals surface area contributed by atoms with Crippen molar-refractivity contribution in [2.75, 3.05) is 39.3 Å². The van der Waals surface area contributed by atoms with Gasteiger partial charge in [0, 0.05) is 39.3 Å². The second kappa shape index (κ2) is 9.64. The van der Waals surface area contributed by atoms with E-state index in [0.717, 1.165) is 56.2 Å². The zero-order chi connectivity index (χ0) is 23.0. The van der Waals surface area contributed by atoms with Gasteiger partial charge in [0.25, 0.3) is 0 Å². The standard InChI is InChI=1S/C30H40N2O2/c33-28(21-32-12-10-31(11-13-32)20-23-4-2-1-3-5-23)22-34-29-8-6-27(7-9-29)30-17-24-14-25(18-30)16-26(15-24)19-30/h1-9,24-26,28,33H,10-22H2/t24?,25?,26?,28-,30?/m0/s1. The Kier molecular flexibility index (Phi) is 6.40. The average molecular weight is 461 g/mol. The van der Waals surface area contributed by atoms with Crippen LogP contribution in [0.1, 0.15) is 49.7 Å². The van der Waals surface area contributed by atoms with Crippen LogP contribution in [0.25, 0.3) is 0 Å². The molecule has 1 aliphatic heterocycles. The van der Waals surface area contributed by atoms with E-state index in [4.69, 9.17) is 4.74 Å². The summed E-state index contributed by atoms with van der Waals surface area (Å²) in [7, 11) is 0. The van der Waals surface area contributed by atoms with Crippen LogP contribution in [0, 0.1) is 17.8 Å². The number of aliphatic hydroxyl groups excluding tert-OH is 1. The highest BCUT2D eigenvalue weighted by Crippen LogP contribution is 2.60. The van der Waals surface area contributed by atoms with Crippen LogP contribution in [-0.4, -0.2) is 60.3 Å². The van der Waals surface area contributed by atoms with E-state index < -0.39 is 6.10 Å². The summed E-state index contributed by atoms with van der Waals surface area (Å²) in [5, 5.41) is 10.6. The molecule has 0 radical (unpaired) electrons. The van der Waals surface area contributed by atoms with E-state index in [1.54, 1.807) is 0 Å². The number of rotatable bonds is 8. The molecule has 1 heterocycles. The molecule has 4 heteroatoms. The zero-order valence-electron chi connectivity index (χ0n) is 20.4. The van der Waals surface area contributed by atoms with Crippen LogP contribution in [-0.2, 0) is 12.0 Å². The first-order valence-electron chi connectivity index (χ1n) is 13.5. The first-order valence-corrected chi connectivity index (χ1v) is 13.5. The predicted molar refractivity (Wildman–Crippen MR) is 136 cm³/mol. The molecule has 4 saturated carbocycles. The van der Waals surface area contributed by atoms with Gasteiger partial charge in [-0.05, 0) is 85.0 Å². The molecule has 1 N–H and O–H groups in total. The summed E-state index contributed by atoms with van der Waals surface area (Å²) in [6.07, 6.45) is 8.20. The number of benzene rings is 2. The Labute approximate surface area is 204 Å². The average Bonchev–Trinajstić information content (AvgIpc) is 2.84. The van der Waals surface area contributed by atoms with Gasteiger partial charge < -0.3 is 9.84 Å². The van der Waals surface area contributed by atoms with Gasteiger partial charge in [-0.2, -0.15) is 0 Å². The molecule has 0 aromatic heterocycles. The molecule has 2 aromatic carbocycles. The number of β-amino-alcohol motifs (C(OH)–C–C–N with tert-alkyl or cyclic N) is 1. The van der Waals surface area contributed by atoms with E-state index in [0.29, 0.717) is 18.6 Å². The lowest BCUT2D eigenvalue weighted by atomic mass is 9.48. The fourth-order valence-electron chi connectivity index (χ4n) is 7.88. The van der Waals surface area contributed by atoms with Crippen LogP contribution in [0.3, 0.4) is 0 Å². The van der Waals surface area contributed by atoms with Gasteiger partial charge in [0.15, 0.2) is 0 Å². The van der Waals surface area contributed by atoms with Gasteiger partial charge in [-0.1, -0.05) is 42.5 Å². The molecule has 4 aliphatic carbocycles. The third kappa shape index (κ3) is 4.91. The Hall–Kier alpha value is -1.88. The lowest BCUT2D eigenvalue weighted by Crippen LogP contribution is -2.48. The maximum Gasteiger partial charge on any atom is 0.119 e. The highest BCUT2D eigenvalue weighted by molar-refractivity contribution is 5.34. The van der Waals surface area contributed by atoms with Crippen molar-refractivity contribution >= 4 is 0 Å². The molecule has 182 valence electrons. The monoisotopic (exact) mass is 460 g/mol. The lowest BCUT2D eigenvalue weighted by molar-refractivity contribution is -0.00522. The lowest BCUT2D eigenvalue weighted by Gasteiger charge is -2.57. The molecular weight excluding hydrogens is 420 g/mol. The number of nitrogens with zero attached hydrogens (tertiary/aromatic N) is 2. The third-order valence-electron chi connectivity index (χ3n) is 9.13. The van der Waals surface area contributed by atoms with Crippen molar-refractivity contribution in [3.63, 3.8) is 0 Å². The van der Waals surface area contributed by atoms with Crippen LogP contribution in [0.4, 0.5) is 0 Å². The number of hydrogen-bond acceptors (Lipinski definition) is 4. The molecule has 0 unspecified atom stereocenters. The highest BCUT2D eigenvalue weighted by Gasteiger charge is 2.51. The Morgan fingerprint density at radius 3 is 2.00 bits per heavy atom. The maximum absolute atomic E-state index is 10.6. The smallest absolute Gasteiger partial charge is 0.119 e. The molecule has 1 atom stereocenters. The zero-order valence-corrected chi connectivity index (χ0v) is 20.4. The Bertz CT molecular complexity index is 901. The summed E-state index contributed by atoms with van der Waals surface area (Å²) in [4.78, 5) is 4.87. The van der Waals surface area contributed by atoms with E-state index in [-0.39, 0.29) is 0 Å². The number of piperazine rings is 1. The Balaban J connectivity index is 0.954. The normalized spacial score (nSPS) is 32.1. The first kappa shape index (κ1) is 22.6. The number of ether oxygens (including phenoxy) is 1. The summed E-state index contributed by atoms with van der Waals surface area (Å²) in [5.41, 5.74) is 3.35. The molecule has 1 saturated heterocycles. The van der Waals surface area contributed by atoms with Crippen molar-refractivity contribution < 1.29 is 9.84 Å². The van der Waals surface area contributed by atoms with Crippen molar-refractivity contribution in [2.45, 2.75) is 56.6 Å². The van der Waals surface area contributed by atoms with Crippen molar-refractivity contribution in [2.24, 2.45) is 17.8 Å². The van der Waals surface area contributed by atoms with E-state index in [1.807, 2.05) is 0 Å². The van der Waals surface area contributed by atoms with E-state index in [1.165, 1.54) is 49.7 Å². The van der Waals surface area contributed by atoms with E-state index in [9.17, 15) is 5.11 Å². The minimum atomic E-state index is -0.455. The molecule has 2 aromatic rings. The van der Waals surface area contributed by atoms with Gasteiger partial charge in [0.05, 0.1) is 0 Å². The van der Waals surface area contributed by atoms with Gasteiger partial charge in [-0.3, -0.25) is 9.80 Å². The summed E-state index contributed by atoms with van der Waals surface area (Å²) < 4.78 is 6.00. The molecule has 5 aliphatic rings. The molecule has 4 nitrogen and oxygen atoms in total. The van der Waals surface area contributed by atoms with Crippen molar-refractivity contribution in [3.8, 4) is 5.75 Å². The van der Waals surface area contributed by atoms with Crippen molar-refractivity contribution in [1.29, 1.82) is 0 Å². The van der Waals surface area contributed by atoms with E-state index >= 15 is 0 Å². The molecule has 7 rings (SSSR count). The quantitative estimate of drug-likeness (QED) is 0.619. The van der Waals surface area contributed by atoms with Crippen LogP contribution in [0.15, 0.2) is 54.6 Å². The van der Waals surface area contributed by atoms with Crippen molar-refractivity contribution in [3.05, 3.63) is 65.7 Å². The largest absolute Gasteiger partial charge is 0.491 e. The molecule has 0 spiro atoms. The molecular formula is C30H40N2O2. The second-order valence-electron chi connectivity index (χ2n) is 11.7. The minimum Gasteiger partial charge on any atom is -0.491 e. The van der Waals surface area contributed by atoms with Gasteiger partial charge >= 0.3 is 0 Å². The van der Waals surface area contributed by atoms with Gasteiger partial charge in [0.1, 0.15) is 18.5 Å². The van der Waals surface area contributed by atoms with Gasteiger partial charge in [-0.15, -0.1) is 0 Å². The SMILES string of the molecule is O[C@H](COc1ccc(C23CC4CC(CC(C4)C2)C3)cc1)CN1CCN(Cc2ccccc2)CC1. The highest BCUT2D eigenvalue weighted by atomic mass is 16.5. The molecule has 5 fully saturated rings. The fourth-order valence-corrected chi connectivity index (χ4v) is 7.88. The van der Waals surface area contributed by atoms with Crippen LogP contribution in [0.2, 0.25) is 0 Å². The van der Waals surface area contributed by atoms with Crippen LogP contribution < -0.4 is 4.74 Å². The first-order chi connectivity index (χ1) is 16.6. The van der Waals surface area contributed by atoms with Gasteiger partial charge in [-0.25, -0.2) is 0 Å². The van der Waals surface area contributed by atoms with Gasteiger partial charge in [0.2, 0.25) is 0 Å². The minimum absolute atomic E-state index is 0.362. The Morgan fingerprint density at radius 1 is 0.794 bits per heavy atom. The van der Waals surface area contributed by atoms with E-state index in [2.05, 4.69) is 64.4 Å². The van der Waals surface area contributed by atoms with Crippen molar-refractivity contribution in [1.82, 2.24) is 9.80 Å². The Morgan fingerprint density at radius 2 is 1.38 bits per heavy atom. The van der Waals surface area contributed by atoms with Crippen LogP contribution in [0.5, 0.6) is 5.75 Å².